The van der Waals surface area contributed by atoms with Crippen LogP contribution in [0, 0.1) is 6.92 Å². The zero-order chi connectivity index (χ0) is 12.3. The predicted molar refractivity (Wildman–Crippen MR) is 76.0 cm³/mol. The Bertz CT molecular complexity index is 511. The number of hydrogen-bond donors (Lipinski definition) is 1. The first-order chi connectivity index (χ1) is 8.19. The van der Waals surface area contributed by atoms with Crippen LogP contribution in [0.25, 0.3) is 0 Å². The number of benzene rings is 1. The van der Waals surface area contributed by atoms with Crippen LogP contribution in [0.15, 0.2) is 41.0 Å². The Morgan fingerprint density at radius 3 is 2.59 bits per heavy atom. The van der Waals surface area contributed by atoms with Crippen molar-refractivity contribution < 1.29 is 0 Å². The summed E-state index contributed by atoms with van der Waals surface area (Å²) in [6.07, 6.45) is 1.80. The highest BCUT2D eigenvalue weighted by molar-refractivity contribution is 9.10. The standard InChI is InChI=1S/C13H12BrClN2/c1-9-6-13(16-8-12(9)14)17-11-4-2-10(7-15)3-5-11/h2-6,8H,7H2,1H3,(H,16,17). The van der Waals surface area contributed by atoms with Crippen LogP contribution in [-0.2, 0) is 5.88 Å². The van der Waals surface area contributed by atoms with Gasteiger partial charge >= 0.3 is 0 Å². The highest BCUT2D eigenvalue weighted by Gasteiger charge is 1.99. The molecule has 0 saturated carbocycles. The van der Waals surface area contributed by atoms with E-state index in [1.54, 1.807) is 6.20 Å². The molecule has 0 aliphatic rings. The van der Waals surface area contributed by atoms with Crippen LogP contribution in [0.2, 0.25) is 0 Å². The maximum atomic E-state index is 5.74. The van der Waals surface area contributed by atoms with Crippen LogP contribution in [0.4, 0.5) is 11.5 Å². The molecule has 0 unspecified atom stereocenters. The van der Waals surface area contributed by atoms with Crippen molar-refractivity contribution in [1.82, 2.24) is 4.98 Å². The van der Waals surface area contributed by atoms with Crippen molar-refractivity contribution in [3.05, 3.63) is 52.1 Å². The minimum atomic E-state index is 0.538. The molecule has 0 bridgehead atoms. The molecule has 0 fully saturated rings. The van der Waals surface area contributed by atoms with E-state index in [1.165, 1.54) is 0 Å². The highest BCUT2D eigenvalue weighted by Crippen LogP contribution is 2.20. The summed E-state index contributed by atoms with van der Waals surface area (Å²) in [6, 6.07) is 10.00. The minimum Gasteiger partial charge on any atom is -0.340 e. The molecular weight excluding hydrogens is 300 g/mol. The van der Waals surface area contributed by atoms with Crippen molar-refractivity contribution in [2.45, 2.75) is 12.8 Å². The van der Waals surface area contributed by atoms with Crippen molar-refractivity contribution in [1.29, 1.82) is 0 Å². The number of aryl methyl sites for hydroxylation is 1. The van der Waals surface area contributed by atoms with E-state index >= 15 is 0 Å². The molecule has 1 aromatic heterocycles. The van der Waals surface area contributed by atoms with Gasteiger partial charge in [-0.1, -0.05) is 12.1 Å². The number of rotatable bonds is 3. The van der Waals surface area contributed by atoms with Gasteiger partial charge in [0, 0.05) is 22.2 Å². The SMILES string of the molecule is Cc1cc(Nc2ccc(CCl)cc2)ncc1Br. The van der Waals surface area contributed by atoms with Crippen LogP contribution in [-0.4, -0.2) is 4.98 Å². The fourth-order valence-electron chi connectivity index (χ4n) is 1.43. The van der Waals surface area contributed by atoms with Gasteiger partial charge in [-0.15, -0.1) is 11.6 Å². The zero-order valence-corrected chi connectivity index (χ0v) is 11.7. The van der Waals surface area contributed by atoms with Crippen molar-refractivity contribution in [3.63, 3.8) is 0 Å². The lowest BCUT2D eigenvalue weighted by Crippen LogP contribution is -1.94. The molecule has 0 spiro atoms. The van der Waals surface area contributed by atoms with E-state index in [2.05, 4.69) is 26.2 Å². The number of anilines is 2. The number of nitrogens with zero attached hydrogens (tertiary/aromatic N) is 1. The van der Waals surface area contributed by atoms with Gasteiger partial charge in [-0.3, -0.25) is 0 Å². The van der Waals surface area contributed by atoms with E-state index in [0.29, 0.717) is 5.88 Å². The molecule has 2 nitrogen and oxygen atoms in total. The maximum Gasteiger partial charge on any atom is 0.130 e. The first-order valence-electron chi connectivity index (χ1n) is 5.23. The van der Waals surface area contributed by atoms with E-state index < -0.39 is 0 Å². The molecule has 0 radical (unpaired) electrons. The third-order valence-electron chi connectivity index (χ3n) is 2.43. The van der Waals surface area contributed by atoms with Gasteiger partial charge in [0.05, 0.1) is 0 Å². The van der Waals surface area contributed by atoms with Crippen molar-refractivity contribution in [2.24, 2.45) is 0 Å². The van der Waals surface area contributed by atoms with Crippen LogP contribution < -0.4 is 5.32 Å². The molecule has 0 atom stereocenters. The molecule has 88 valence electrons. The van der Waals surface area contributed by atoms with Crippen LogP contribution in [0.3, 0.4) is 0 Å². The fraction of sp³-hybridized carbons (Fsp3) is 0.154. The zero-order valence-electron chi connectivity index (χ0n) is 9.37. The van der Waals surface area contributed by atoms with Gasteiger partial charge in [0.25, 0.3) is 0 Å². The second-order valence-corrected chi connectivity index (χ2v) is 4.90. The Morgan fingerprint density at radius 2 is 2.00 bits per heavy atom. The largest absolute Gasteiger partial charge is 0.340 e. The molecule has 0 amide bonds. The number of nitrogens with one attached hydrogen (secondary N) is 1. The lowest BCUT2D eigenvalue weighted by Gasteiger charge is -2.07. The quantitative estimate of drug-likeness (QED) is 0.836. The third-order valence-corrected chi connectivity index (χ3v) is 3.57. The summed E-state index contributed by atoms with van der Waals surface area (Å²) >= 11 is 9.17. The molecular formula is C13H12BrClN2. The van der Waals surface area contributed by atoms with E-state index in [9.17, 15) is 0 Å². The molecule has 1 N–H and O–H groups in total. The first-order valence-corrected chi connectivity index (χ1v) is 6.56. The molecule has 0 saturated heterocycles. The van der Waals surface area contributed by atoms with Crippen LogP contribution in [0.5, 0.6) is 0 Å². The summed E-state index contributed by atoms with van der Waals surface area (Å²) in [6.45, 7) is 2.04. The van der Waals surface area contributed by atoms with E-state index in [0.717, 1.165) is 27.1 Å². The van der Waals surface area contributed by atoms with Gasteiger partial charge < -0.3 is 5.32 Å². The molecule has 0 aliphatic carbocycles. The van der Waals surface area contributed by atoms with E-state index in [-0.39, 0.29) is 0 Å². The maximum absolute atomic E-state index is 5.74. The van der Waals surface area contributed by atoms with E-state index in [4.69, 9.17) is 11.6 Å². The van der Waals surface area contributed by atoms with Crippen molar-refractivity contribution in [3.8, 4) is 0 Å². The Labute approximate surface area is 114 Å². The molecule has 0 aliphatic heterocycles. The normalized spacial score (nSPS) is 10.3. The Morgan fingerprint density at radius 1 is 1.29 bits per heavy atom. The molecule has 17 heavy (non-hydrogen) atoms. The highest BCUT2D eigenvalue weighted by atomic mass is 79.9. The van der Waals surface area contributed by atoms with E-state index in [1.807, 2.05) is 37.3 Å². The lowest BCUT2D eigenvalue weighted by molar-refractivity contribution is 1.25. The van der Waals surface area contributed by atoms with Crippen molar-refractivity contribution in [2.75, 3.05) is 5.32 Å². The summed E-state index contributed by atoms with van der Waals surface area (Å²) in [4.78, 5) is 4.29. The Balaban J connectivity index is 2.16. The minimum absolute atomic E-state index is 0.538. The van der Waals surface area contributed by atoms with Gasteiger partial charge in [-0.05, 0) is 52.2 Å². The molecule has 2 rings (SSSR count). The second-order valence-electron chi connectivity index (χ2n) is 3.77. The number of hydrogen-bond acceptors (Lipinski definition) is 2. The Kier molecular flexibility index (Phi) is 4.02. The topological polar surface area (TPSA) is 24.9 Å². The smallest absolute Gasteiger partial charge is 0.130 e. The average molecular weight is 312 g/mol. The molecule has 4 heteroatoms. The van der Waals surface area contributed by atoms with Gasteiger partial charge in [0.15, 0.2) is 0 Å². The fourth-order valence-corrected chi connectivity index (χ4v) is 1.83. The molecule has 1 aromatic carbocycles. The first kappa shape index (κ1) is 12.4. The van der Waals surface area contributed by atoms with Crippen molar-refractivity contribution >= 4 is 39.0 Å². The van der Waals surface area contributed by atoms with Crippen LogP contribution >= 0.6 is 27.5 Å². The number of halogens is 2. The summed E-state index contributed by atoms with van der Waals surface area (Å²) in [5, 5.41) is 3.25. The van der Waals surface area contributed by atoms with Gasteiger partial charge in [-0.2, -0.15) is 0 Å². The molecule has 1 heterocycles. The van der Waals surface area contributed by atoms with Crippen LogP contribution in [0.1, 0.15) is 11.1 Å². The summed E-state index contributed by atoms with van der Waals surface area (Å²) in [7, 11) is 0. The Hall–Kier alpha value is -1.06. The predicted octanol–water partition coefficient (Wildman–Crippen LogP) is 4.63. The molecule has 2 aromatic rings. The second kappa shape index (κ2) is 5.52. The summed E-state index contributed by atoms with van der Waals surface area (Å²) in [5.74, 6) is 1.37. The number of aromatic nitrogens is 1. The number of pyridine rings is 1. The number of alkyl halides is 1. The lowest BCUT2D eigenvalue weighted by atomic mass is 10.2. The average Bonchev–Trinajstić information content (AvgIpc) is 2.35. The van der Waals surface area contributed by atoms with Gasteiger partial charge in [0.1, 0.15) is 5.82 Å². The summed E-state index contributed by atoms with van der Waals surface area (Å²) < 4.78 is 1.01. The third kappa shape index (κ3) is 3.20. The van der Waals surface area contributed by atoms with Gasteiger partial charge in [-0.25, -0.2) is 4.98 Å². The monoisotopic (exact) mass is 310 g/mol. The van der Waals surface area contributed by atoms with Gasteiger partial charge in [0.2, 0.25) is 0 Å². The summed E-state index contributed by atoms with van der Waals surface area (Å²) in [5.41, 5.74) is 3.27.